The molecule has 1 aromatic heterocycles. The van der Waals surface area contributed by atoms with Gasteiger partial charge in [-0.05, 0) is 25.0 Å². The lowest BCUT2D eigenvalue weighted by Gasteiger charge is -2.17. The Hall–Kier alpha value is -1.62. The van der Waals surface area contributed by atoms with Crippen LogP contribution in [-0.4, -0.2) is 37.2 Å². The van der Waals surface area contributed by atoms with Crippen LogP contribution < -0.4 is 10.6 Å². The molecule has 2 rings (SSSR count). The van der Waals surface area contributed by atoms with Gasteiger partial charge in [0.2, 0.25) is 0 Å². The van der Waals surface area contributed by atoms with Gasteiger partial charge in [-0.3, -0.25) is 9.78 Å². The number of carbonyl (C=O) groups is 1. The van der Waals surface area contributed by atoms with E-state index in [1.54, 1.807) is 13.3 Å². The van der Waals surface area contributed by atoms with Crippen LogP contribution >= 0.6 is 0 Å². The number of aromatic nitrogens is 1. The Bertz CT molecular complexity index is 443. The van der Waals surface area contributed by atoms with Crippen molar-refractivity contribution < 1.29 is 9.53 Å². The fraction of sp³-hybridized carbons (Fsp3) is 0.625. The normalized spacial score (nSPS) is 16.2. The van der Waals surface area contributed by atoms with Crippen molar-refractivity contribution in [2.24, 2.45) is 0 Å². The van der Waals surface area contributed by atoms with Gasteiger partial charge in [0.05, 0.1) is 6.61 Å². The third-order valence-electron chi connectivity index (χ3n) is 3.81. The number of hydrogen-bond acceptors (Lipinski definition) is 4. The molecular weight excluding hydrogens is 266 g/mol. The highest BCUT2D eigenvalue weighted by molar-refractivity contribution is 5.93. The van der Waals surface area contributed by atoms with E-state index in [1.165, 1.54) is 38.5 Å². The second-order valence-electron chi connectivity index (χ2n) is 5.51. The van der Waals surface area contributed by atoms with Crippen LogP contribution in [0, 0.1) is 0 Å². The summed E-state index contributed by atoms with van der Waals surface area (Å²) in [5.74, 6) is -0.156. The van der Waals surface area contributed by atoms with E-state index < -0.39 is 0 Å². The van der Waals surface area contributed by atoms with Gasteiger partial charge < -0.3 is 15.4 Å². The number of methoxy groups -OCH3 is 1. The van der Waals surface area contributed by atoms with E-state index in [4.69, 9.17) is 4.74 Å². The summed E-state index contributed by atoms with van der Waals surface area (Å²) >= 11 is 0. The summed E-state index contributed by atoms with van der Waals surface area (Å²) in [6.45, 7) is 1.00. The zero-order chi connectivity index (χ0) is 14.9. The number of ether oxygens (including phenoxy) is 1. The number of anilines is 1. The molecule has 21 heavy (non-hydrogen) atoms. The summed E-state index contributed by atoms with van der Waals surface area (Å²) in [7, 11) is 1.61. The van der Waals surface area contributed by atoms with Crippen LogP contribution in [0.5, 0.6) is 0 Å². The SMILES string of the molecule is COCCNC(=O)c1cc(NC2CCCCCC2)ccn1. The highest BCUT2D eigenvalue weighted by Gasteiger charge is 2.13. The standard InChI is InChI=1S/C16H25N3O2/c1-21-11-10-18-16(20)15-12-14(8-9-17-15)19-13-6-4-2-3-5-7-13/h8-9,12-13H,2-7,10-11H2,1H3,(H,17,19)(H,18,20). The van der Waals surface area contributed by atoms with Crippen LogP contribution in [0.1, 0.15) is 49.0 Å². The quantitative estimate of drug-likeness (QED) is 0.624. The number of amides is 1. The molecule has 1 aromatic rings. The summed E-state index contributed by atoms with van der Waals surface area (Å²) in [6, 6.07) is 4.27. The number of nitrogens with one attached hydrogen (secondary N) is 2. The molecule has 0 aromatic carbocycles. The Morgan fingerprint density at radius 1 is 1.33 bits per heavy atom. The molecule has 0 bridgehead atoms. The van der Waals surface area contributed by atoms with Crippen molar-refractivity contribution in [2.45, 2.75) is 44.6 Å². The minimum absolute atomic E-state index is 0.156. The number of nitrogens with zero attached hydrogens (tertiary/aromatic N) is 1. The molecule has 1 aliphatic carbocycles. The van der Waals surface area contributed by atoms with Gasteiger partial charge in [0.25, 0.3) is 5.91 Å². The van der Waals surface area contributed by atoms with E-state index in [0.717, 1.165) is 5.69 Å². The monoisotopic (exact) mass is 291 g/mol. The van der Waals surface area contributed by atoms with Crippen LogP contribution in [-0.2, 0) is 4.74 Å². The van der Waals surface area contributed by atoms with E-state index in [-0.39, 0.29) is 5.91 Å². The maximum absolute atomic E-state index is 12.0. The van der Waals surface area contributed by atoms with Crippen LogP contribution in [0.2, 0.25) is 0 Å². The van der Waals surface area contributed by atoms with Crippen LogP contribution in [0.15, 0.2) is 18.3 Å². The molecule has 1 aliphatic rings. The van der Waals surface area contributed by atoms with Gasteiger partial charge in [-0.1, -0.05) is 25.7 Å². The summed E-state index contributed by atoms with van der Waals surface area (Å²) in [5, 5.41) is 6.33. The molecule has 1 amide bonds. The highest BCUT2D eigenvalue weighted by Crippen LogP contribution is 2.21. The molecule has 1 heterocycles. The van der Waals surface area contributed by atoms with E-state index in [9.17, 15) is 4.79 Å². The van der Waals surface area contributed by atoms with Crippen molar-refractivity contribution in [3.8, 4) is 0 Å². The molecule has 0 spiro atoms. The fourth-order valence-electron chi connectivity index (χ4n) is 2.66. The lowest BCUT2D eigenvalue weighted by molar-refractivity contribution is 0.0932. The molecule has 0 atom stereocenters. The highest BCUT2D eigenvalue weighted by atomic mass is 16.5. The molecule has 5 heteroatoms. The Kier molecular flexibility index (Phi) is 6.47. The van der Waals surface area contributed by atoms with Gasteiger partial charge in [0.15, 0.2) is 0 Å². The maximum atomic E-state index is 12.0. The van der Waals surface area contributed by atoms with E-state index in [0.29, 0.717) is 24.9 Å². The molecule has 5 nitrogen and oxygen atoms in total. The molecule has 116 valence electrons. The Morgan fingerprint density at radius 2 is 2.10 bits per heavy atom. The second kappa shape index (κ2) is 8.62. The van der Waals surface area contributed by atoms with Crippen molar-refractivity contribution in [1.82, 2.24) is 10.3 Å². The molecule has 0 saturated heterocycles. The summed E-state index contributed by atoms with van der Waals surface area (Å²) in [4.78, 5) is 16.1. The minimum Gasteiger partial charge on any atom is -0.383 e. The van der Waals surface area contributed by atoms with Crippen molar-refractivity contribution in [3.63, 3.8) is 0 Å². The Balaban J connectivity index is 1.91. The third-order valence-corrected chi connectivity index (χ3v) is 3.81. The molecular formula is C16H25N3O2. The topological polar surface area (TPSA) is 63.2 Å². The number of hydrogen-bond donors (Lipinski definition) is 2. The number of pyridine rings is 1. The first-order valence-electron chi connectivity index (χ1n) is 7.79. The Labute approximate surface area is 126 Å². The number of carbonyl (C=O) groups excluding carboxylic acids is 1. The smallest absolute Gasteiger partial charge is 0.270 e. The van der Waals surface area contributed by atoms with E-state index >= 15 is 0 Å². The van der Waals surface area contributed by atoms with E-state index in [1.807, 2.05) is 12.1 Å². The largest absolute Gasteiger partial charge is 0.383 e. The first-order valence-corrected chi connectivity index (χ1v) is 7.79. The van der Waals surface area contributed by atoms with Crippen molar-refractivity contribution in [2.75, 3.05) is 25.6 Å². The van der Waals surface area contributed by atoms with Crippen molar-refractivity contribution >= 4 is 11.6 Å². The van der Waals surface area contributed by atoms with Crippen LogP contribution in [0.4, 0.5) is 5.69 Å². The van der Waals surface area contributed by atoms with Gasteiger partial charge in [0.1, 0.15) is 5.69 Å². The van der Waals surface area contributed by atoms with Crippen LogP contribution in [0.3, 0.4) is 0 Å². The lowest BCUT2D eigenvalue weighted by Crippen LogP contribution is -2.28. The number of rotatable bonds is 6. The second-order valence-corrected chi connectivity index (χ2v) is 5.51. The molecule has 0 unspecified atom stereocenters. The summed E-state index contributed by atoms with van der Waals surface area (Å²) in [6.07, 6.45) is 9.34. The molecule has 0 aliphatic heterocycles. The summed E-state index contributed by atoms with van der Waals surface area (Å²) in [5.41, 5.74) is 1.43. The van der Waals surface area contributed by atoms with Gasteiger partial charge in [0, 0.05) is 31.6 Å². The summed E-state index contributed by atoms with van der Waals surface area (Å²) < 4.78 is 4.92. The molecule has 1 fully saturated rings. The van der Waals surface area contributed by atoms with Crippen molar-refractivity contribution in [3.05, 3.63) is 24.0 Å². The predicted octanol–water partition coefficient (Wildman–Crippen LogP) is 2.59. The molecule has 1 saturated carbocycles. The van der Waals surface area contributed by atoms with Gasteiger partial charge in [-0.15, -0.1) is 0 Å². The average Bonchev–Trinajstić information content (AvgIpc) is 2.76. The average molecular weight is 291 g/mol. The van der Waals surface area contributed by atoms with Gasteiger partial charge in [-0.2, -0.15) is 0 Å². The lowest BCUT2D eigenvalue weighted by atomic mass is 10.1. The minimum atomic E-state index is -0.156. The molecule has 0 radical (unpaired) electrons. The molecule has 2 N–H and O–H groups in total. The third kappa shape index (κ3) is 5.34. The first-order chi connectivity index (χ1) is 10.3. The Morgan fingerprint density at radius 3 is 2.81 bits per heavy atom. The maximum Gasteiger partial charge on any atom is 0.270 e. The van der Waals surface area contributed by atoms with Gasteiger partial charge in [-0.25, -0.2) is 0 Å². The van der Waals surface area contributed by atoms with Crippen LogP contribution in [0.25, 0.3) is 0 Å². The fourth-order valence-corrected chi connectivity index (χ4v) is 2.66. The zero-order valence-electron chi connectivity index (χ0n) is 12.7. The van der Waals surface area contributed by atoms with E-state index in [2.05, 4.69) is 15.6 Å². The van der Waals surface area contributed by atoms with Gasteiger partial charge >= 0.3 is 0 Å². The first kappa shape index (κ1) is 15.8. The van der Waals surface area contributed by atoms with Crippen molar-refractivity contribution in [1.29, 1.82) is 0 Å². The predicted molar refractivity (Wildman–Crippen MR) is 83.6 cm³/mol. The zero-order valence-corrected chi connectivity index (χ0v) is 12.7.